The van der Waals surface area contributed by atoms with Crippen molar-refractivity contribution in [3.05, 3.63) is 0 Å². The van der Waals surface area contributed by atoms with Gasteiger partial charge in [-0.15, -0.1) is 0 Å². The van der Waals surface area contributed by atoms with Gasteiger partial charge in [0, 0.05) is 31.0 Å². The van der Waals surface area contributed by atoms with Crippen LogP contribution >= 0.6 is 11.8 Å². The number of rotatable bonds is 6. The van der Waals surface area contributed by atoms with Gasteiger partial charge in [0.25, 0.3) is 0 Å². The topological polar surface area (TPSA) is 55.6 Å². The number of ether oxygens (including phenoxy) is 1. The fourth-order valence-electron chi connectivity index (χ4n) is 2.04. The van der Waals surface area contributed by atoms with Crippen LogP contribution in [0.5, 0.6) is 0 Å². The number of hydrogen-bond acceptors (Lipinski definition) is 4. The molecule has 1 rings (SSSR count). The molecule has 4 nitrogen and oxygen atoms in total. The summed E-state index contributed by atoms with van der Waals surface area (Å²) in [6, 6.07) is 0.328. The Balaban J connectivity index is 2.87. The highest BCUT2D eigenvalue weighted by Crippen LogP contribution is 2.33. The lowest BCUT2D eigenvalue weighted by Gasteiger charge is -2.42. The molecule has 0 aromatic heterocycles. The van der Waals surface area contributed by atoms with Crippen LogP contribution < -0.4 is 5.73 Å². The van der Waals surface area contributed by atoms with E-state index in [0.717, 1.165) is 17.9 Å². The van der Waals surface area contributed by atoms with E-state index >= 15 is 0 Å². The number of nitrogens with two attached hydrogens (primary N) is 1. The summed E-state index contributed by atoms with van der Waals surface area (Å²) in [7, 11) is 1.67. The lowest BCUT2D eigenvalue weighted by atomic mass is 9.74. The molecular weight excluding hydrogens is 260 g/mol. The summed E-state index contributed by atoms with van der Waals surface area (Å²) in [4.78, 5) is 14.9. The summed E-state index contributed by atoms with van der Waals surface area (Å²) in [5, 5.41) is 0. The maximum absolute atomic E-state index is 12.9. The van der Waals surface area contributed by atoms with Gasteiger partial charge in [0.2, 0.25) is 5.91 Å². The molecule has 1 aliphatic rings. The van der Waals surface area contributed by atoms with Crippen molar-refractivity contribution in [3.8, 4) is 0 Å². The summed E-state index contributed by atoms with van der Waals surface area (Å²) in [5.74, 6) is 2.30. The van der Waals surface area contributed by atoms with E-state index in [1.54, 1.807) is 7.11 Å². The third-order valence-corrected chi connectivity index (χ3v) is 5.43. The van der Waals surface area contributed by atoms with E-state index in [4.69, 9.17) is 10.5 Å². The highest BCUT2D eigenvalue weighted by molar-refractivity contribution is 7.99. The summed E-state index contributed by atoms with van der Waals surface area (Å²) in [5.41, 5.74) is 5.08. The van der Waals surface area contributed by atoms with Crippen molar-refractivity contribution in [2.24, 2.45) is 11.1 Å². The molecule has 0 aromatic carbocycles. The number of hydrogen-bond donors (Lipinski definition) is 1. The Morgan fingerprint density at radius 1 is 1.42 bits per heavy atom. The molecule has 19 heavy (non-hydrogen) atoms. The average molecular weight is 288 g/mol. The van der Waals surface area contributed by atoms with Gasteiger partial charge in [0.05, 0.1) is 12.0 Å². The fourth-order valence-corrected chi connectivity index (χ4v) is 3.27. The van der Waals surface area contributed by atoms with Gasteiger partial charge in [0.1, 0.15) is 0 Å². The quantitative estimate of drug-likeness (QED) is 0.809. The van der Waals surface area contributed by atoms with Gasteiger partial charge >= 0.3 is 0 Å². The minimum atomic E-state index is -0.575. The zero-order valence-corrected chi connectivity index (χ0v) is 13.7. The summed E-state index contributed by atoms with van der Waals surface area (Å²) in [6.45, 7) is 8.95. The van der Waals surface area contributed by atoms with E-state index in [1.807, 2.05) is 44.4 Å². The van der Waals surface area contributed by atoms with Crippen LogP contribution in [0.4, 0.5) is 0 Å². The van der Waals surface area contributed by atoms with E-state index in [0.29, 0.717) is 19.2 Å². The van der Waals surface area contributed by atoms with Gasteiger partial charge in [0.15, 0.2) is 0 Å². The van der Waals surface area contributed by atoms with Gasteiger partial charge in [-0.05, 0) is 39.9 Å². The maximum atomic E-state index is 12.9. The van der Waals surface area contributed by atoms with E-state index < -0.39 is 11.0 Å². The van der Waals surface area contributed by atoms with Crippen molar-refractivity contribution in [3.63, 3.8) is 0 Å². The molecule has 0 bridgehead atoms. The summed E-state index contributed by atoms with van der Waals surface area (Å²) in [6.07, 6.45) is 1.07. The van der Waals surface area contributed by atoms with Gasteiger partial charge in [-0.2, -0.15) is 11.8 Å². The third-order valence-electron chi connectivity index (χ3n) is 4.29. The zero-order chi connectivity index (χ0) is 14.7. The standard InChI is InChI=1S/C14H28N2O2S/c1-13(2,14(3,4)15)12(17)16(7-8-18-5)11-6-9-19-10-11/h11H,6-10,15H2,1-5H3. The molecule has 1 amide bonds. The maximum Gasteiger partial charge on any atom is 0.230 e. The molecule has 0 aliphatic carbocycles. The van der Waals surface area contributed by atoms with Crippen molar-refractivity contribution < 1.29 is 9.53 Å². The fraction of sp³-hybridized carbons (Fsp3) is 0.929. The van der Waals surface area contributed by atoms with Crippen molar-refractivity contribution >= 4 is 17.7 Å². The van der Waals surface area contributed by atoms with Crippen molar-refractivity contribution in [1.29, 1.82) is 0 Å². The molecular formula is C14H28N2O2S. The largest absolute Gasteiger partial charge is 0.383 e. The Bertz CT molecular complexity index is 307. The Kier molecular flexibility index (Phi) is 5.71. The Hall–Kier alpha value is -0.260. The number of amides is 1. The minimum Gasteiger partial charge on any atom is -0.383 e. The first-order chi connectivity index (χ1) is 8.71. The van der Waals surface area contributed by atoms with Crippen LogP contribution in [-0.4, -0.2) is 54.2 Å². The molecule has 2 N–H and O–H groups in total. The highest BCUT2D eigenvalue weighted by Gasteiger charge is 2.44. The molecule has 5 heteroatoms. The van der Waals surface area contributed by atoms with E-state index in [-0.39, 0.29) is 5.91 Å². The molecule has 1 aliphatic heterocycles. The second-order valence-electron chi connectivity index (χ2n) is 6.36. The molecule has 1 atom stereocenters. The molecule has 1 unspecified atom stereocenters. The van der Waals surface area contributed by atoms with Crippen molar-refractivity contribution in [1.82, 2.24) is 4.90 Å². The van der Waals surface area contributed by atoms with Crippen LogP contribution in [-0.2, 0) is 9.53 Å². The van der Waals surface area contributed by atoms with Gasteiger partial charge < -0.3 is 15.4 Å². The van der Waals surface area contributed by atoms with E-state index in [1.165, 1.54) is 0 Å². The number of nitrogens with zero attached hydrogens (tertiary/aromatic N) is 1. The number of carbonyl (C=O) groups excluding carboxylic acids is 1. The molecule has 0 spiro atoms. The van der Waals surface area contributed by atoms with Crippen LogP contribution in [0.15, 0.2) is 0 Å². The highest BCUT2D eigenvalue weighted by atomic mass is 32.2. The van der Waals surface area contributed by atoms with Crippen molar-refractivity contribution in [2.75, 3.05) is 31.8 Å². The Morgan fingerprint density at radius 3 is 2.47 bits per heavy atom. The molecule has 0 radical (unpaired) electrons. The smallest absolute Gasteiger partial charge is 0.230 e. The monoisotopic (exact) mass is 288 g/mol. The van der Waals surface area contributed by atoms with Crippen LogP contribution in [0.3, 0.4) is 0 Å². The number of thioether (sulfide) groups is 1. The first-order valence-corrected chi connectivity index (χ1v) is 8.04. The molecule has 1 heterocycles. The molecule has 112 valence electrons. The predicted octanol–water partition coefficient (Wildman–Crippen LogP) is 1.73. The Morgan fingerprint density at radius 2 is 2.05 bits per heavy atom. The normalized spacial score (nSPS) is 20.6. The molecule has 0 saturated carbocycles. The van der Waals surface area contributed by atoms with Crippen LogP contribution in [0.1, 0.15) is 34.1 Å². The Labute approximate surface area is 121 Å². The van der Waals surface area contributed by atoms with Crippen molar-refractivity contribution in [2.45, 2.75) is 45.7 Å². The lowest BCUT2D eigenvalue weighted by molar-refractivity contribution is -0.146. The third kappa shape index (κ3) is 3.86. The lowest BCUT2D eigenvalue weighted by Crippen LogP contribution is -2.58. The molecule has 1 fully saturated rings. The minimum absolute atomic E-state index is 0.143. The molecule has 0 aromatic rings. The van der Waals surface area contributed by atoms with Crippen LogP contribution in [0.25, 0.3) is 0 Å². The SMILES string of the molecule is COCCN(C(=O)C(C)(C)C(C)(C)N)C1CCSC1. The van der Waals surface area contributed by atoms with Gasteiger partial charge in [-0.25, -0.2) is 0 Å². The van der Waals surface area contributed by atoms with E-state index in [9.17, 15) is 4.79 Å². The summed E-state index contributed by atoms with van der Waals surface area (Å²) < 4.78 is 5.15. The van der Waals surface area contributed by atoms with E-state index in [2.05, 4.69) is 0 Å². The number of carbonyl (C=O) groups is 1. The van der Waals surface area contributed by atoms with Gasteiger partial charge in [-0.1, -0.05) is 0 Å². The molecule has 1 saturated heterocycles. The van der Waals surface area contributed by atoms with Crippen LogP contribution in [0.2, 0.25) is 0 Å². The number of methoxy groups -OCH3 is 1. The first kappa shape index (κ1) is 16.8. The zero-order valence-electron chi connectivity index (χ0n) is 12.9. The summed E-state index contributed by atoms with van der Waals surface area (Å²) >= 11 is 1.91. The predicted molar refractivity (Wildman–Crippen MR) is 81.4 cm³/mol. The second-order valence-corrected chi connectivity index (χ2v) is 7.51. The second kappa shape index (κ2) is 6.46. The van der Waals surface area contributed by atoms with Gasteiger partial charge in [-0.3, -0.25) is 4.79 Å². The van der Waals surface area contributed by atoms with Crippen LogP contribution in [0, 0.1) is 5.41 Å². The average Bonchev–Trinajstić information content (AvgIpc) is 2.81. The first-order valence-electron chi connectivity index (χ1n) is 6.88.